The Bertz CT molecular complexity index is 378. The quantitative estimate of drug-likeness (QED) is 0.829. The van der Waals surface area contributed by atoms with E-state index in [9.17, 15) is 9.18 Å². The van der Waals surface area contributed by atoms with Crippen LogP contribution in [0.5, 0.6) is 5.75 Å². The standard InChI is InChI=1S/C11H13FO4/c1-15-9-4-3-7(5-8(9)12)6-10(16-2)11(13)14/h3-5,10H,6H2,1-2H3,(H,13,14). The molecule has 1 aromatic carbocycles. The minimum atomic E-state index is -1.07. The van der Waals surface area contributed by atoms with Crippen molar-refractivity contribution in [3.63, 3.8) is 0 Å². The number of benzene rings is 1. The summed E-state index contributed by atoms with van der Waals surface area (Å²) >= 11 is 0. The molecule has 1 rings (SSSR count). The predicted molar refractivity (Wildman–Crippen MR) is 55.1 cm³/mol. The Labute approximate surface area is 92.6 Å². The molecule has 4 nitrogen and oxygen atoms in total. The van der Waals surface area contributed by atoms with E-state index in [4.69, 9.17) is 14.6 Å². The maximum Gasteiger partial charge on any atom is 0.333 e. The summed E-state index contributed by atoms with van der Waals surface area (Å²) in [7, 11) is 2.67. The van der Waals surface area contributed by atoms with Gasteiger partial charge in [0.15, 0.2) is 17.7 Å². The number of carboxylic acid groups (broad SMARTS) is 1. The van der Waals surface area contributed by atoms with Gasteiger partial charge in [0.1, 0.15) is 0 Å². The molecule has 0 aliphatic heterocycles. The molecule has 0 fully saturated rings. The lowest BCUT2D eigenvalue weighted by Crippen LogP contribution is -2.24. The molecular formula is C11H13FO4. The summed E-state index contributed by atoms with van der Waals surface area (Å²) in [6, 6.07) is 4.31. The van der Waals surface area contributed by atoms with Crippen molar-refractivity contribution in [2.75, 3.05) is 14.2 Å². The molecule has 5 heteroatoms. The fraction of sp³-hybridized carbons (Fsp3) is 0.364. The molecule has 0 amide bonds. The van der Waals surface area contributed by atoms with Crippen molar-refractivity contribution >= 4 is 5.97 Å². The van der Waals surface area contributed by atoms with E-state index in [1.165, 1.54) is 26.4 Å². The highest BCUT2D eigenvalue weighted by atomic mass is 19.1. The lowest BCUT2D eigenvalue weighted by molar-refractivity contribution is -0.148. The van der Waals surface area contributed by atoms with Crippen molar-refractivity contribution in [2.45, 2.75) is 12.5 Å². The van der Waals surface area contributed by atoms with E-state index in [2.05, 4.69) is 0 Å². The third-order valence-corrected chi connectivity index (χ3v) is 2.20. The van der Waals surface area contributed by atoms with Gasteiger partial charge in [0.25, 0.3) is 0 Å². The van der Waals surface area contributed by atoms with Crippen molar-refractivity contribution in [3.05, 3.63) is 29.6 Å². The van der Waals surface area contributed by atoms with Gasteiger partial charge in [-0.25, -0.2) is 9.18 Å². The highest BCUT2D eigenvalue weighted by molar-refractivity contribution is 5.72. The van der Waals surface area contributed by atoms with Gasteiger partial charge in [-0.15, -0.1) is 0 Å². The molecule has 0 radical (unpaired) electrons. The van der Waals surface area contributed by atoms with Crippen molar-refractivity contribution in [2.24, 2.45) is 0 Å². The Kier molecular flexibility index (Phi) is 4.25. The number of hydrogen-bond acceptors (Lipinski definition) is 3. The van der Waals surface area contributed by atoms with Crippen LogP contribution in [0.1, 0.15) is 5.56 Å². The molecule has 1 atom stereocenters. The molecule has 88 valence electrons. The minimum absolute atomic E-state index is 0.118. The second-order valence-electron chi connectivity index (χ2n) is 3.24. The number of ether oxygens (including phenoxy) is 2. The van der Waals surface area contributed by atoms with Crippen LogP contribution in [0.4, 0.5) is 4.39 Å². The fourth-order valence-electron chi connectivity index (χ4n) is 1.32. The maximum atomic E-state index is 13.3. The molecule has 0 aromatic heterocycles. The first-order valence-corrected chi connectivity index (χ1v) is 4.66. The highest BCUT2D eigenvalue weighted by Gasteiger charge is 2.17. The van der Waals surface area contributed by atoms with E-state index in [-0.39, 0.29) is 12.2 Å². The zero-order valence-corrected chi connectivity index (χ0v) is 9.07. The lowest BCUT2D eigenvalue weighted by Gasteiger charge is -2.11. The SMILES string of the molecule is COc1ccc(CC(OC)C(=O)O)cc1F. The van der Waals surface area contributed by atoms with E-state index in [0.717, 1.165) is 0 Å². The van der Waals surface area contributed by atoms with Gasteiger partial charge in [-0.3, -0.25) is 0 Å². The molecule has 0 saturated heterocycles. The number of aliphatic carboxylic acids is 1. The number of rotatable bonds is 5. The van der Waals surface area contributed by atoms with Crippen LogP contribution in [0.2, 0.25) is 0 Å². The first-order chi connectivity index (χ1) is 7.58. The molecule has 0 heterocycles. The number of hydrogen-bond donors (Lipinski definition) is 1. The monoisotopic (exact) mass is 228 g/mol. The van der Waals surface area contributed by atoms with Crippen molar-refractivity contribution < 1.29 is 23.8 Å². The normalized spacial score (nSPS) is 12.2. The lowest BCUT2D eigenvalue weighted by atomic mass is 10.1. The number of carbonyl (C=O) groups is 1. The van der Waals surface area contributed by atoms with E-state index >= 15 is 0 Å². The zero-order valence-electron chi connectivity index (χ0n) is 9.07. The molecule has 1 aromatic rings. The molecule has 0 spiro atoms. The molecule has 1 N–H and O–H groups in total. The Morgan fingerprint density at radius 3 is 2.62 bits per heavy atom. The van der Waals surface area contributed by atoms with Crippen molar-refractivity contribution in [3.8, 4) is 5.75 Å². The van der Waals surface area contributed by atoms with Gasteiger partial charge in [-0.05, 0) is 17.7 Å². The summed E-state index contributed by atoms with van der Waals surface area (Å²) in [6.45, 7) is 0. The molecule has 0 aliphatic rings. The average Bonchev–Trinajstić information content (AvgIpc) is 2.25. The van der Waals surface area contributed by atoms with Crippen LogP contribution in [-0.4, -0.2) is 31.4 Å². The summed E-state index contributed by atoms with van der Waals surface area (Å²) in [5.41, 5.74) is 0.549. The summed E-state index contributed by atoms with van der Waals surface area (Å²) in [5, 5.41) is 8.76. The van der Waals surface area contributed by atoms with Crippen LogP contribution in [-0.2, 0) is 16.0 Å². The zero-order chi connectivity index (χ0) is 12.1. The van der Waals surface area contributed by atoms with Crippen LogP contribution in [0, 0.1) is 5.82 Å². The molecule has 0 bridgehead atoms. The van der Waals surface area contributed by atoms with Gasteiger partial charge >= 0.3 is 5.97 Å². The molecule has 1 unspecified atom stereocenters. The third-order valence-electron chi connectivity index (χ3n) is 2.20. The fourth-order valence-corrected chi connectivity index (χ4v) is 1.32. The van der Waals surface area contributed by atoms with Gasteiger partial charge in [0, 0.05) is 13.5 Å². The van der Waals surface area contributed by atoms with Gasteiger partial charge in [0.05, 0.1) is 7.11 Å². The van der Waals surface area contributed by atoms with Gasteiger partial charge in [-0.1, -0.05) is 6.07 Å². The summed E-state index contributed by atoms with van der Waals surface area (Å²) in [6.07, 6.45) is -0.847. The van der Waals surface area contributed by atoms with Gasteiger partial charge < -0.3 is 14.6 Å². The van der Waals surface area contributed by atoms with Crippen LogP contribution < -0.4 is 4.74 Å². The van der Waals surface area contributed by atoms with Crippen LogP contribution in [0.25, 0.3) is 0 Å². The maximum absolute atomic E-state index is 13.3. The van der Waals surface area contributed by atoms with E-state index in [1.807, 2.05) is 0 Å². The molecule has 0 saturated carbocycles. The Morgan fingerprint density at radius 2 is 2.19 bits per heavy atom. The van der Waals surface area contributed by atoms with Crippen molar-refractivity contribution in [1.82, 2.24) is 0 Å². The molecule has 0 aliphatic carbocycles. The smallest absolute Gasteiger partial charge is 0.333 e. The largest absolute Gasteiger partial charge is 0.494 e. The number of carboxylic acids is 1. The third kappa shape index (κ3) is 2.93. The predicted octanol–water partition coefficient (Wildman–Crippen LogP) is 1.48. The second kappa shape index (κ2) is 5.46. The van der Waals surface area contributed by atoms with Gasteiger partial charge in [0.2, 0.25) is 0 Å². The van der Waals surface area contributed by atoms with Crippen LogP contribution in [0.3, 0.4) is 0 Å². The highest BCUT2D eigenvalue weighted by Crippen LogP contribution is 2.18. The summed E-state index contributed by atoms with van der Waals surface area (Å²) < 4.78 is 22.8. The van der Waals surface area contributed by atoms with E-state index in [1.54, 1.807) is 6.07 Å². The van der Waals surface area contributed by atoms with Crippen LogP contribution >= 0.6 is 0 Å². The van der Waals surface area contributed by atoms with Gasteiger partial charge in [-0.2, -0.15) is 0 Å². The average molecular weight is 228 g/mol. The van der Waals surface area contributed by atoms with E-state index < -0.39 is 17.9 Å². The summed E-state index contributed by atoms with van der Waals surface area (Å²) in [4.78, 5) is 10.7. The first kappa shape index (κ1) is 12.4. The number of halogens is 1. The van der Waals surface area contributed by atoms with E-state index in [0.29, 0.717) is 5.56 Å². The molecular weight excluding hydrogens is 215 g/mol. The second-order valence-corrected chi connectivity index (χ2v) is 3.24. The number of methoxy groups -OCH3 is 2. The Balaban J connectivity index is 2.81. The Hall–Kier alpha value is -1.62. The topological polar surface area (TPSA) is 55.8 Å². The summed E-state index contributed by atoms with van der Waals surface area (Å²) in [5.74, 6) is -1.45. The first-order valence-electron chi connectivity index (χ1n) is 4.66. The van der Waals surface area contributed by atoms with Crippen LogP contribution in [0.15, 0.2) is 18.2 Å². The van der Waals surface area contributed by atoms with Crippen molar-refractivity contribution in [1.29, 1.82) is 0 Å². The Morgan fingerprint density at radius 1 is 1.50 bits per heavy atom. The minimum Gasteiger partial charge on any atom is -0.494 e. The molecule has 16 heavy (non-hydrogen) atoms.